The third kappa shape index (κ3) is 4.10. The number of hydrogen-bond donors (Lipinski definition) is 3. The van der Waals surface area contributed by atoms with E-state index in [-0.39, 0.29) is 29.5 Å². The van der Waals surface area contributed by atoms with Crippen molar-refractivity contribution in [2.45, 2.75) is 33.2 Å². The molecule has 0 aliphatic carbocycles. The molecule has 2 aromatic rings. The fraction of sp³-hybridized carbons (Fsp3) is 0.471. The van der Waals surface area contributed by atoms with Crippen LogP contribution in [0.15, 0.2) is 23.0 Å². The smallest absolute Gasteiger partial charge is 0.261 e. The molecule has 0 aliphatic rings. The number of benzene rings is 1. The van der Waals surface area contributed by atoms with Crippen LogP contribution in [-0.4, -0.2) is 33.2 Å². The maximum Gasteiger partial charge on any atom is 0.261 e. The van der Waals surface area contributed by atoms with Gasteiger partial charge in [-0.3, -0.25) is 14.2 Å². The average Bonchev–Trinajstić information content (AvgIpc) is 2.50. The molecule has 0 radical (unpaired) electrons. The van der Waals surface area contributed by atoms with Crippen LogP contribution in [0.5, 0.6) is 0 Å². The SMILES string of the molecule is Cn1c(=S)[nH]c2cc(C(=O)NC(CO)CC(C)(C)C)ccc2c1=O. The van der Waals surface area contributed by atoms with Crippen molar-refractivity contribution in [3.05, 3.63) is 38.9 Å². The van der Waals surface area contributed by atoms with Gasteiger partial charge in [-0.2, -0.15) is 0 Å². The van der Waals surface area contributed by atoms with E-state index in [1.165, 1.54) is 4.57 Å². The number of aromatic nitrogens is 2. The third-order valence-electron chi connectivity index (χ3n) is 3.78. The molecule has 1 heterocycles. The molecule has 1 aromatic carbocycles. The van der Waals surface area contributed by atoms with Crippen molar-refractivity contribution >= 4 is 29.0 Å². The Morgan fingerprint density at radius 3 is 2.67 bits per heavy atom. The van der Waals surface area contributed by atoms with Crippen LogP contribution >= 0.6 is 12.2 Å². The number of carbonyl (C=O) groups is 1. The minimum Gasteiger partial charge on any atom is -0.394 e. The molecule has 0 saturated heterocycles. The van der Waals surface area contributed by atoms with Crippen LogP contribution in [0.4, 0.5) is 0 Å². The van der Waals surface area contributed by atoms with Crippen molar-refractivity contribution in [2.75, 3.05) is 6.61 Å². The van der Waals surface area contributed by atoms with Gasteiger partial charge in [0.2, 0.25) is 0 Å². The predicted octanol–water partition coefficient (Wildman–Crippen LogP) is 2.12. The minimum atomic E-state index is -0.324. The van der Waals surface area contributed by atoms with Gasteiger partial charge >= 0.3 is 0 Å². The molecule has 2 rings (SSSR count). The quantitative estimate of drug-likeness (QED) is 0.738. The van der Waals surface area contributed by atoms with E-state index < -0.39 is 0 Å². The third-order valence-corrected chi connectivity index (χ3v) is 4.15. The number of fused-ring (bicyclic) bond motifs is 1. The number of nitrogens with zero attached hydrogens (tertiary/aromatic N) is 1. The van der Waals surface area contributed by atoms with Crippen LogP contribution in [0, 0.1) is 10.2 Å². The Hall–Kier alpha value is -1.99. The van der Waals surface area contributed by atoms with Gasteiger partial charge < -0.3 is 15.4 Å². The summed E-state index contributed by atoms with van der Waals surface area (Å²) in [6, 6.07) is 4.49. The maximum absolute atomic E-state index is 12.4. The van der Waals surface area contributed by atoms with Gasteiger partial charge in [0.15, 0.2) is 4.77 Å². The van der Waals surface area contributed by atoms with Crippen LogP contribution in [0.3, 0.4) is 0 Å². The topological polar surface area (TPSA) is 87.1 Å². The van der Waals surface area contributed by atoms with E-state index in [0.717, 1.165) is 0 Å². The summed E-state index contributed by atoms with van der Waals surface area (Å²) in [5.74, 6) is -0.291. The highest BCUT2D eigenvalue weighted by molar-refractivity contribution is 7.71. The predicted molar refractivity (Wildman–Crippen MR) is 96.8 cm³/mol. The van der Waals surface area contributed by atoms with Gasteiger partial charge in [-0.05, 0) is 42.3 Å². The average molecular weight is 349 g/mol. The number of H-pyrrole nitrogens is 1. The molecule has 3 N–H and O–H groups in total. The second-order valence-electron chi connectivity index (χ2n) is 7.17. The molecule has 24 heavy (non-hydrogen) atoms. The normalized spacial score (nSPS) is 13.0. The Labute approximate surface area is 145 Å². The van der Waals surface area contributed by atoms with Gasteiger partial charge in [0.05, 0.1) is 23.6 Å². The monoisotopic (exact) mass is 349 g/mol. The number of carbonyl (C=O) groups excluding carboxylic acids is 1. The number of rotatable bonds is 4. The first-order valence-electron chi connectivity index (χ1n) is 7.77. The fourth-order valence-electron chi connectivity index (χ4n) is 2.62. The lowest BCUT2D eigenvalue weighted by atomic mass is 9.88. The molecular formula is C17H23N3O3S. The summed E-state index contributed by atoms with van der Waals surface area (Å²) in [5.41, 5.74) is 0.712. The van der Waals surface area contributed by atoms with Gasteiger partial charge in [0, 0.05) is 12.6 Å². The minimum absolute atomic E-state index is 0.0126. The largest absolute Gasteiger partial charge is 0.394 e. The van der Waals surface area contributed by atoms with Crippen LogP contribution in [0.1, 0.15) is 37.6 Å². The van der Waals surface area contributed by atoms with Gasteiger partial charge in [-0.15, -0.1) is 0 Å². The second kappa shape index (κ2) is 6.86. The van der Waals surface area contributed by atoms with Gasteiger partial charge in [-0.25, -0.2) is 0 Å². The summed E-state index contributed by atoms with van der Waals surface area (Å²) in [6.07, 6.45) is 0.659. The summed E-state index contributed by atoms with van der Waals surface area (Å²) in [6.45, 7) is 6.02. The van der Waals surface area contributed by atoms with E-state index in [1.54, 1.807) is 25.2 Å². The molecule has 0 saturated carbocycles. The molecule has 1 unspecified atom stereocenters. The summed E-state index contributed by atoms with van der Waals surface area (Å²) >= 11 is 5.10. The molecule has 0 aliphatic heterocycles. The van der Waals surface area contributed by atoms with Crippen LogP contribution in [0.2, 0.25) is 0 Å². The van der Waals surface area contributed by atoms with Gasteiger partial charge in [-0.1, -0.05) is 20.8 Å². The Balaban J connectivity index is 2.32. The summed E-state index contributed by atoms with van der Waals surface area (Å²) in [5, 5.41) is 12.8. The van der Waals surface area contributed by atoms with Crippen LogP contribution < -0.4 is 10.9 Å². The number of aliphatic hydroxyl groups is 1. The number of nitrogens with one attached hydrogen (secondary N) is 2. The molecule has 0 fully saturated rings. The molecule has 1 aromatic heterocycles. The Kier molecular flexibility index (Phi) is 5.25. The zero-order valence-corrected chi connectivity index (χ0v) is 15.2. The molecule has 0 bridgehead atoms. The van der Waals surface area contributed by atoms with Crippen LogP contribution in [0.25, 0.3) is 10.9 Å². The summed E-state index contributed by atoms with van der Waals surface area (Å²) in [7, 11) is 1.60. The molecule has 1 atom stereocenters. The number of amides is 1. The molecule has 0 spiro atoms. The number of hydrogen-bond acceptors (Lipinski definition) is 4. The zero-order valence-electron chi connectivity index (χ0n) is 14.3. The van der Waals surface area contributed by atoms with E-state index in [2.05, 4.69) is 10.3 Å². The lowest BCUT2D eigenvalue weighted by Gasteiger charge is -2.25. The molecule has 7 heteroatoms. The number of aliphatic hydroxyl groups excluding tert-OH is 1. The van der Waals surface area contributed by atoms with Crippen molar-refractivity contribution < 1.29 is 9.90 Å². The number of aromatic amines is 1. The summed E-state index contributed by atoms with van der Waals surface area (Å²) < 4.78 is 1.65. The highest BCUT2D eigenvalue weighted by atomic mass is 32.1. The van der Waals surface area contributed by atoms with Crippen molar-refractivity contribution in [1.82, 2.24) is 14.9 Å². The molecular weight excluding hydrogens is 326 g/mol. The van der Waals surface area contributed by atoms with Gasteiger partial charge in [0.25, 0.3) is 11.5 Å². The van der Waals surface area contributed by atoms with Gasteiger partial charge in [0.1, 0.15) is 0 Å². The van der Waals surface area contributed by atoms with Crippen molar-refractivity contribution in [3.63, 3.8) is 0 Å². The Morgan fingerprint density at radius 2 is 2.08 bits per heavy atom. The van der Waals surface area contributed by atoms with Crippen molar-refractivity contribution in [2.24, 2.45) is 12.5 Å². The lowest BCUT2D eigenvalue weighted by molar-refractivity contribution is 0.0898. The van der Waals surface area contributed by atoms with E-state index in [4.69, 9.17) is 12.2 Å². The fourth-order valence-corrected chi connectivity index (χ4v) is 2.81. The van der Waals surface area contributed by atoms with Crippen LogP contribution in [-0.2, 0) is 7.05 Å². The maximum atomic E-state index is 12.4. The van der Waals surface area contributed by atoms with E-state index in [1.807, 2.05) is 20.8 Å². The molecule has 1 amide bonds. The molecule has 130 valence electrons. The molecule has 6 nitrogen and oxygen atoms in total. The van der Waals surface area contributed by atoms with E-state index in [0.29, 0.717) is 27.7 Å². The lowest BCUT2D eigenvalue weighted by Crippen LogP contribution is -2.40. The second-order valence-corrected chi connectivity index (χ2v) is 7.56. The standard InChI is InChI=1S/C17H23N3O3S/c1-17(2,3)8-11(9-21)18-14(22)10-5-6-12-13(7-10)19-16(24)20(4)15(12)23/h5-7,11,21H,8-9H2,1-4H3,(H,18,22)(H,19,24). The van der Waals surface area contributed by atoms with Crippen molar-refractivity contribution in [3.8, 4) is 0 Å². The Bertz CT molecular complexity index is 877. The van der Waals surface area contributed by atoms with E-state index >= 15 is 0 Å². The van der Waals surface area contributed by atoms with E-state index in [9.17, 15) is 14.7 Å². The van der Waals surface area contributed by atoms with Crippen molar-refractivity contribution in [1.29, 1.82) is 0 Å². The first-order chi connectivity index (χ1) is 11.1. The summed E-state index contributed by atoms with van der Waals surface area (Å²) in [4.78, 5) is 27.5. The first-order valence-corrected chi connectivity index (χ1v) is 8.18. The highest BCUT2D eigenvalue weighted by Gasteiger charge is 2.20. The zero-order chi connectivity index (χ0) is 18.1. The highest BCUT2D eigenvalue weighted by Crippen LogP contribution is 2.21. The first kappa shape index (κ1) is 18.4. The Morgan fingerprint density at radius 1 is 1.42 bits per heavy atom.